The number of nitrogens with one attached hydrogen (secondary N) is 2. The van der Waals surface area contributed by atoms with Crippen molar-refractivity contribution in [1.82, 2.24) is 15.2 Å². The summed E-state index contributed by atoms with van der Waals surface area (Å²) in [6.45, 7) is 7.46. The first-order valence-electron chi connectivity index (χ1n) is 8.84. The molecule has 2 aromatic rings. The maximum absolute atomic E-state index is 12.5. The Bertz CT molecular complexity index is 763. The fourth-order valence-electron chi connectivity index (χ4n) is 3.52. The molecule has 1 atom stereocenters. The van der Waals surface area contributed by atoms with E-state index in [0.717, 1.165) is 36.6 Å². The van der Waals surface area contributed by atoms with E-state index in [4.69, 9.17) is 4.74 Å². The highest BCUT2D eigenvalue weighted by atomic mass is 16.5. The van der Waals surface area contributed by atoms with Crippen LogP contribution in [0.5, 0.6) is 0 Å². The molecule has 4 rings (SSSR count). The van der Waals surface area contributed by atoms with E-state index in [-0.39, 0.29) is 12.0 Å². The minimum absolute atomic E-state index is 0.0598. The lowest BCUT2D eigenvalue weighted by molar-refractivity contribution is -0.0293. The van der Waals surface area contributed by atoms with Crippen LogP contribution in [0.25, 0.3) is 10.9 Å². The summed E-state index contributed by atoms with van der Waals surface area (Å²) in [5.74, 6) is -0.0598. The average molecular weight is 327 g/mol. The van der Waals surface area contributed by atoms with Crippen LogP contribution in [0.2, 0.25) is 0 Å². The molecule has 0 spiro atoms. The van der Waals surface area contributed by atoms with Crippen molar-refractivity contribution in [2.75, 3.05) is 26.2 Å². The number of carbonyl (C=O) groups is 1. The van der Waals surface area contributed by atoms with Gasteiger partial charge in [-0.1, -0.05) is 6.07 Å². The molecule has 1 saturated heterocycles. The molecule has 0 bridgehead atoms. The Balaban J connectivity index is 1.40. The first-order chi connectivity index (χ1) is 11.6. The molecule has 0 radical (unpaired) electrons. The monoisotopic (exact) mass is 327 g/mol. The summed E-state index contributed by atoms with van der Waals surface area (Å²) >= 11 is 0. The number of hydrogen-bond acceptors (Lipinski definition) is 3. The normalized spacial score (nSPS) is 22.0. The van der Waals surface area contributed by atoms with Gasteiger partial charge in [-0.2, -0.15) is 0 Å². The number of nitrogens with zero attached hydrogens (tertiary/aromatic N) is 1. The Hall–Kier alpha value is -1.85. The van der Waals surface area contributed by atoms with Crippen molar-refractivity contribution in [3.63, 3.8) is 0 Å². The van der Waals surface area contributed by atoms with Crippen LogP contribution in [0.15, 0.2) is 18.2 Å². The summed E-state index contributed by atoms with van der Waals surface area (Å²) in [5, 5.41) is 4.14. The summed E-state index contributed by atoms with van der Waals surface area (Å²) in [7, 11) is 0. The van der Waals surface area contributed by atoms with Crippen molar-refractivity contribution in [1.29, 1.82) is 0 Å². The van der Waals surface area contributed by atoms with Gasteiger partial charge in [-0.25, -0.2) is 0 Å². The van der Waals surface area contributed by atoms with Crippen LogP contribution in [0.3, 0.4) is 0 Å². The third-order valence-electron chi connectivity index (χ3n) is 5.31. The zero-order chi connectivity index (χ0) is 16.7. The molecule has 5 heteroatoms. The van der Waals surface area contributed by atoms with Gasteiger partial charge in [0.2, 0.25) is 0 Å². The number of aromatic nitrogens is 1. The Morgan fingerprint density at radius 1 is 1.38 bits per heavy atom. The number of rotatable bonds is 4. The molecule has 0 unspecified atom stereocenters. The van der Waals surface area contributed by atoms with Gasteiger partial charge in [0.25, 0.3) is 5.91 Å². The van der Waals surface area contributed by atoms with Crippen molar-refractivity contribution in [2.45, 2.75) is 38.8 Å². The van der Waals surface area contributed by atoms with E-state index in [9.17, 15) is 4.79 Å². The SMILES string of the molecule is Cc1ccc2[nH]c(C(=O)NC[C@@H]3CN(C4CC4)CCO3)cc2c1C. The van der Waals surface area contributed by atoms with Gasteiger partial charge in [-0.3, -0.25) is 9.69 Å². The smallest absolute Gasteiger partial charge is 0.267 e. The number of hydrogen-bond donors (Lipinski definition) is 2. The molecular formula is C19H25N3O2. The molecule has 128 valence electrons. The number of benzene rings is 1. The van der Waals surface area contributed by atoms with Crippen molar-refractivity contribution < 1.29 is 9.53 Å². The molecule has 1 aliphatic heterocycles. The molecular weight excluding hydrogens is 302 g/mol. The Morgan fingerprint density at radius 2 is 2.21 bits per heavy atom. The lowest BCUT2D eigenvalue weighted by atomic mass is 10.1. The second-order valence-electron chi connectivity index (χ2n) is 7.08. The maximum Gasteiger partial charge on any atom is 0.267 e. The van der Waals surface area contributed by atoms with Crippen LogP contribution in [0.4, 0.5) is 0 Å². The molecule has 24 heavy (non-hydrogen) atoms. The van der Waals surface area contributed by atoms with Gasteiger partial charge in [0.1, 0.15) is 5.69 Å². The fourth-order valence-corrected chi connectivity index (χ4v) is 3.52. The van der Waals surface area contributed by atoms with E-state index in [1.54, 1.807) is 0 Å². The number of H-pyrrole nitrogens is 1. The molecule has 1 amide bonds. The van der Waals surface area contributed by atoms with Crippen molar-refractivity contribution in [2.24, 2.45) is 0 Å². The van der Waals surface area contributed by atoms with Gasteiger partial charge in [0.15, 0.2) is 0 Å². The number of fused-ring (bicyclic) bond motifs is 1. The van der Waals surface area contributed by atoms with Crippen LogP contribution >= 0.6 is 0 Å². The molecule has 1 aromatic carbocycles. The molecule has 1 aromatic heterocycles. The summed E-state index contributed by atoms with van der Waals surface area (Å²) in [6.07, 6.45) is 2.72. The third-order valence-corrected chi connectivity index (χ3v) is 5.31. The molecule has 2 aliphatic rings. The highest BCUT2D eigenvalue weighted by Gasteiger charge is 2.33. The highest BCUT2D eigenvalue weighted by molar-refractivity contribution is 5.99. The zero-order valence-corrected chi connectivity index (χ0v) is 14.4. The fraction of sp³-hybridized carbons (Fsp3) is 0.526. The van der Waals surface area contributed by atoms with Gasteiger partial charge in [-0.05, 0) is 49.9 Å². The number of aromatic amines is 1. The lowest BCUT2D eigenvalue weighted by Crippen LogP contribution is -2.48. The number of aryl methyl sites for hydroxylation is 2. The van der Waals surface area contributed by atoms with Crippen LogP contribution in [0, 0.1) is 13.8 Å². The van der Waals surface area contributed by atoms with Gasteiger partial charge < -0.3 is 15.0 Å². The quantitative estimate of drug-likeness (QED) is 0.906. The average Bonchev–Trinajstić information content (AvgIpc) is 3.35. The molecule has 2 heterocycles. The number of morpholine rings is 1. The van der Waals surface area contributed by atoms with Gasteiger partial charge in [0.05, 0.1) is 12.7 Å². The van der Waals surface area contributed by atoms with Crippen molar-refractivity contribution in [3.05, 3.63) is 35.0 Å². The largest absolute Gasteiger partial charge is 0.374 e. The van der Waals surface area contributed by atoms with E-state index in [0.29, 0.717) is 12.2 Å². The molecule has 2 fully saturated rings. The zero-order valence-electron chi connectivity index (χ0n) is 14.4. The van der Waals surface area contributed by atoms with Crippen molar-refractivity contribution in [3.8, 4) is 0 Å². The molecule has 2 N–H and O–H groups in total. The van der Waals surface area contributed by atoms with Gasteiger partial charge >= 0.3 is 0 Å². The summed E-state index contributed by atoms with van der Waals surface area (Å²) in [5.41, 5.74) is 4.09. The Morgan fingerprint density at radius 3 is 3.00 bits per heavy atom. The second-order valence-corrected chi connectivity index (χ2v) is 7.08. The minimum atomic E-state index is -0.0598. The van der Waals surface area contributed by atoms with E-state index < -0.39 is 0 Å². The standard InChI is InChI=1S/C19H25N3O2/c1-12-3-6-17-16(13(12)2)9-18(21-17)19(23)20-10-15-11-22(7-8-24-15)14-4-5-14/h3,6,9,14-15,21H,4-5,7-8,10-11H2,1-2H3,(H,20,23)/t15-/m1/s1. The van der Waals surface area contributed by atoms with Crippen LogP contribution in [-0.4, -0.2) is 54.2 Å². The molecule has 1 saturated carbocycles. The third kappa shape index (κ3) is 3.06. The first-order valence-corrected chi connectivity index (χ1v) is 8.84. The summed E-state index contributed by atoms with van der Waals surface area (Å²) in [6, 6.07) is 6.82. The summed E-state index contributed by atoms with van der Waals surface area (Å²) in [4.78, 5) is 18.2. The maximum atomic E-state index is 12.5. The number of amides is 1. The van der Waals surface area contributed by atoms with Gasteiger partial charge in [-0.15, -0.1) is 0 Å². The predicted octanol–water partition coefficient (Wildman–Crippen LogP) is 2.38. The first kappa shape index (κ1) is 15.7. The molecule has 5 nitrogen and oxygen atoms in total. The summed E-state index contributed by atoms with van der Waals surface area (Å²) < 4.78 is 5.80. The van der Waals surface area contributed by atoms with Crippen LogP contribution in [0.1, 0.15) is 34.5 Å². The van der Waals surface area contributed by atoms with Crippen LogP contribution < -0.4 is 5.32 Å². The molecule has 1 aliphatic carbocycles. The number of ether oxygens (including phenoxy) is 1. The van der Waals surface area contributed by atoms with Gasteiger partial charge in [0, 0.05) is 36.6 Å². The van der Waals surface area contributed by atoms with Crippen molar-refractivity contribution >= 4 is 16.8 Å². The lowest BCUT2D eigenvalue weighted by Gasteiger charge is -2.33. The predicted molar refractivity (Wildman–Crippen MR) is 94.4 cm³/mol. The number of carbonyl (C=O) groups excluding carboxylic acids is 1. The Kier molecular flexibility index (Phi) is 4.06. The minimum Gasteiger partial charge on any atom is -0.374 e. The van der Waals surface area contributed by atoms with E-state index in [1.807, 2.05) is 12.1 Å². The van der Waals surface area contributed by atoms with E-state index in [2.05, 4.69) is 35.1 Å². The topological polar surface area (TPSA) is 57.4 Å². The van der Waals surface area contributed by atoms with Crippen LogP contribution in [-0.2, 0) is 4.74 Å². The highest BCUT2D eigenvalue weighted by Crippen LogP contribution is 2.28. The Labute approximate surface area is 142 Å². The second kappa shape index (κ2) is 6.22. The van der Waals surface area contributed by atoms with E-state index >= 15 is 0 Å². The van der Waals surface area contributed by atoms with E-state index in [1.165, 1.54) is 24.0 Å².